The van der Waals surface area contributed by atoms with Crippen molar-refractivity contribution in [1.82, 2.24) is 15.6 Å². The molecule has 10 nitrogen and oxygen atoms in total. The molecule has 1 aromatic carbocycles. The van der Waals surface area contributed by atoms with Crippen molar-refractivity contribution in [2.24, 2.45) is 28.3 Å². The second kappa shape index (κ2) is 11.4. The summed E-state index contributed by atoms with van der Waals surface area (Å²) in [5, 5.41) is 18.6. The molecule has 0 radical (unpaired) electrons. The molecule has 0 aromatic heterocycles. The first kappa shape index (κ1) is 27.6. The van der Waals surface area contributed by atoms with Crippen molar-refractivity contribution in [3.63, 3.8) is 0 Å². The van der Waals surface area contributed by atoms with E-state index < -0.39 is 6.04 Å². The molecule has 10 heteroatoms. The predicted octanol–water partition coefficient (Wildman–Crippen LogP) is 4.18. The molecular formula is C31H39N5O5. The van der Waals surface area contributed by atoms with E-state index >= 15 is 0 Å². The number of hydrogen-bond donors (Lipinski definition) is 2. The monoisotopic (exact) mass is 561 g/mol. The minimum Gasteiger partial charge on any atom is -0.378 e. The zero-order valence-corrected chi connectivity index (χ0v) is 23.6. The third-order valence-electron chi connectivity index (χ3n) is 9.68. The Labute approximate surface area is 240 Å². The molecule has 7 rings (SSSR count). The fourth-order valence-electron chi connectivity index (χ4n) is 8.18. The highest BCUT2D eigenvalue weighted by Crippen LogP contribution is 2.60. The summed E-state index contributed by atoms with van der Waals surface area (Å²) in [6.45, 7) is 4.43. The van der Waals surface area contributed by atoms with Gasteiger partial charge in [-0.15, -0.1) is 0 Å². The summed E-state index contributed by atoms with van der Waals surface area (Å²) in [5.41, 5.74) is 6.29. The number of rotatable bonds is 8. The van der Waals surface area contributed by atoms with Crippen molar-refractivity contribution in [1.29, 1.82) is 0 Å². The molecule has 0 spiro atoms. The Morgan fingerprint density at radius 1 is 1.12 bits per heavy atom. The lowest BCUT2D eigenvalue weighted by molar-refractivity contribution is -0.384. The standard InChI is InChI=1S/C31H39N5O5/c1-20(33-30(38)31-16-22-11-23(17-31)13-24(12-22)18-31)29(37)34-32-19-26-6-5-25(28(26)35-7-9-41-10-8-35)14-21-3-2-4-27(15-21)36(39)40/h2-4,14-15,19-20,22-24H,5-13,16-18H2,1H3,(H,33,38)(H,34,37)/b25-14-,32-19?. The molecule has 2 amide bonds. The van der Waals surface area contributed by atoms with Gasteiger partial charge in [-0.1, -0.05) is 12.1 Å². The van der Waals surface area contributed by atoms with Crippen molar-refractivity contribution in [2.75, 3.05) is 26.3 Å². The fraction of sp³-hybridized carbons (Fsp3) is 0.581. The number of nitro benzene ring substituents is 1. The lowest BCUT2D eigenvalue weighted by Crippen LogP contribution is -2.56. The first-order chi connectivity index (χ1) is 19.8. The number of allylic oxidation sites excluding steroid dienone is 2. The Morgan fingerprint density at radius 2 is 1.80 bits per heavy atom. The molecule has 218 valence electrons. The van der Waals surface area contributed by atoms with Crippen LogP contribution in [0.3, 0.4) is 0 Å². The van der Waals surface area contributed by atoms with E-state index in [1.165, 1.54) is 25.3 Å². The van der Waals surface area contributed by atoms with Gasteiger partial charge in [-0.25, -0.2) is 5.43 Å². The number of ether oxygens (including phenoxy) is 1. The molecule has 6 aliphatic rings. The van der Waals surface area contributed by atoms with Crippen LogP contribution in [0.5, 0.6) is 0 Å². The first-order valence-electron chi connectivity index (χ1n) is 14.9. The molecule has 5 fully saturated rings. The van der Waals surface area contributed by atoms with Crippen molar-refractivity contribution >= 4 is 29.8 Å². The van der Waals surface area contributed by atoms with Crippen molar-refractivity contribution < 1.29 is 19.2 Å². The van der Waals surface area contributed by atoms with Gasteiger partial charge in [0, 0.05) is 36.3 Å². The quantitative estimate of drug-likeness (QED) is 0.279. The maximum absolute atomic E-state index is 13.4. The molecule has 4 saturated carbocycles. The Balaban J connectivity index is 1.13. The van der Waals surface area contributed by atoms with E-state index in [1.54, 1.807) is 25.3 Å². The fourth-order valence-corrected chi connectivity index (χ4v) is 8.18. The maximum Gasteiger partial charge on any atom is 0.270 e. The number of non-ortho nitro benzene ring substituents is 1. The van der Waals surface area contributed by atoms with Crippen LogP contribution in [-0.4, -0.2) is 60.2 Å². The molecule has 1 heterocycles. The van der Waals surface area contributed by atoms with Gasteiger partial charge in [0.05, 0.1) is 24.4 Å². The second-order valence-electron chi connectivity index (χ2n) is 12.6. The summed E-state index contributed by atoms with van der Waals surface area (Å²) in [6.07, 6.45) is 11.9. The average molecular weight is 562 g/mol. The molecule has 1 aliphatic heterocycles. The van der Waals surface area contributed by atoms with E-state index in [4.69, 9.17) is 4.74 Å². The van der Waals surface area contributed by atoms with Gasteiger partial charge in [-0.2, -0.15) is 5.10 Å². The van der Waals surface area contributed by atoms with Crippen LogP contribution in [0.15, 0.2) is 46.2 Å². The van der Waals surface area contributed by atoms with E-state index in [1.807, 2.05) is 12.1 Å². The molecule has 1 saturated heterocycles. The molecule has 1 aromatic rings. The van der Waals surface area contributed by atoms with Crippen molar-refractivity contribution in [3.8, 4) is 0 Å². The summed E-state index contributed by atoms with van der Waals surface area (Å²) >= 11 is 0. The number of carbonyl (C=O) groups is 2. The number of carbonyl (C=O) groups excluding carboxylic acids is 2. The van der Waals surface area contributed by atoms with Gasteiger partial charge in [-0.3, -0.25) is 19.7 Å². The second-order valence-corrected chi connectivity index (χ2v) is 12.6. The van der Waals surface area contributed by atoms with Crippen molar-refractivity contribution in [2.45, 2.75) is 64.3 Å². The SMILES string of the molecule is CC(NC(=O)C12CC3CC(CC(C3)C1)C2)C(=O)NN=CC1=C(N2CCOCC2)/C(=C\c2cccc([N+](=O)[O-])c2)CC1. The van der Waals surface area contributed by atoms with E-state index in [-0.39, 0.29) is 27.8 Å². The summed E-state index contributed by atoms with van der Waals surface area (Å²) in [6, 6.07) is 5.95. The average Bonchev–Trinajstić information content (AvgIpc) is 3.34. The van der Waals surface area contributed by atoms with E-state index in [0.717, 1.165) is 67.6 Å². The molecule has 41 heavy (non-hydrogen) atoms. The van der Waals surface area contributed by atoms with Gasteiger partial charge in [0.15, 0.2) is 0 Å². The lowest BCUT2D eigenvalue weighted by Gasteiger charge is -2.55. The smallest absolute Gasteiger partial charge is 0.270 e. The van der Waals surface area contributed by atoms with Crippen LogP contribution in [0.4, 0.5) is 5.69 Å². The highest BCUT2D eigenvalue weighted by Gasteiger charge is 2.54. The van der Waals surface area contributed by atoms with E-state index in [0.29, 0.717) is 31.0 Å². The maximum atomic E-state index is 13.4. The Hall–Kier alpha value is -3.53. The van der Waals surface area contributed by atoms with Gasteiger partial charge < -0.3 is 15.0 Å². The van der Waals surface area contributed by atoms with Gasteiger partial charge in [0.2, 0.25) is 5.91 Å². The number of nitro groups is 1. The minimum atomic E-state index is -0.673. The molecule has 2 N–H and O–H groups in total. The van der Waals surface area contributed by atoms with Crippen molar-refractivity contribution in [3.05, 3.63) is 56.8 Å². The molecule has 1 unspecified atom stereocenters. The van der Waals surface area contributed by atoms with Crippen LogP contribution in [0.1, 0.15) is 63.9 Å². The number of nitrogens with one attached hydrogen (secondary N) is 2. The first-order valence-corrected chi connectivity index (χ1v) is 14.9. The number of hydrogen-bond acceptors (Lipinski definition) is 7. The van der Waals surface area contributed by atoms with Gasteiger partial charge in [-0.05, 0) is 98.8 Å². The Kier molecular flexibility index (Phi) is 7.68. The normalized spacial score (nSPS) is 30.7. The predicted molar refractivity (Wildman–Crippen MR) is 155 cm³/mol. The summed E-state index contributed by atoms with van der Waals surface area (Å²) in [7, 11) is 0. The zero-order chi connectivity index (χ0) is 28.6. The number of benzene rings is 1. The Morgan fingerprint density at radius 3 is 2.46 bits per heavy atom. The Bertz CT molecular complexity index is 1280. The van der Waals surface area contributed by atoms with Crippen LogP contribution in [0.25, 0.3) is 6.08 Å². The lowest BCUT2D eigenvalue weighted by atomic mass is 9.49. The summed E-state index contributed by atoms with van der Waals surface area (Å²) < 4.78 is 5.55. The van der Waals surface area contributed by atoms with Crippen LogP contribution in [0, 0.1) is 33.3 Å². The van der Waals surface area contributed by atoms with Gasteiger partial charge in [0.25, 0.3) is 11.6 Å². The highest BCUT2D eigenvalue weighted by molar-refractivity contribution is 5.91. The summed E-state index contributed by atoms with van der Waals surface area (Å²) in [5.74, 6) is 1.69. The van der Waals surface area contributed by atoms with Gasteiger partial charge in [0.1, 0.15) is 6.04 Å². The molecule has 1 atom stereocenters. The number of hydrazone groups is 1. The number of nitrogens with zero attached hydrogens (tertiary/aromatic N) is 3. The number of morpholine rings is 1. The largest absolute Gasteiger partial charge is 0.378 e. The third kappa shape index (κ3) is 5.80. The zero-order valence-electron chi connectivity index (χ0n) is 23.6. The molecule has 4 bridgehead atoms. The van der Waals surface area contributed by atoms with Crippen LogP contribution in [-0.2, 0) is 14.3 Å². The molecule has 5 aliphatic carbocycles. The number of amides is 2. The van der Waals surface area contributed by atoms with E-state index in [9.17, 15) is 19.7 Å². The topological polar surface area (TPSA) is 126 Å². The van der Waals surface area contributed by atoms with Crippen LogP contribution < -0.4 is 10.7 Å². The summed E-state index contributed by atoms with van der Waals surface area (Å²) in [4.78, 5) is 39.4. The molecular weight excluding hydrogens is 522 g/mol. The highest BCUT2D eigenvalue weighted by atomic mass is 16.6. The van der Waals surface area contributed by atoms with Crippen LogP contribution >= 0.6 is 0 Å². The van der Waals surface area contributed by atoms with Crippen LogP contribution in [0.2, 0.25) is 0 Å². The minimum absolute atomic E-state index is 0.0345. The van der Waals surface area contributed by atoms with Gasteiger partial charge >= 0.3 is 0 Å². The third-order valence-corrected chi connectivity index (χ3v) is 9.68. The van der Waals surface area contributed by atoms with E-state index in [2.05, 4.69) is 20.7 Å².